The Morgan fingerprint density at radius 3 is 2.62 bits per heavy atom. The average molecular weight is 375 g/mol. The van der Waals surface area contributed by atoms with Gasteiger partial charge in [0.2, 0.25) is 10.0 Å². The molecule has 0 radical (unpaired) electrons. The van der Waals surface area contributed by atoms with Gasteiger partial charge in [-0.2, -0.15) is 0 Å². The summed E-state index contributed by atoms with van der Waals surface area (Å²) in [6.45, 7) is 0.951. The van der Waals surface area contributed by atoms with Crippen LogP contribution in [0.3, 0.4) is 0 Å². The smallest absolute Gasteiger partial charge is 0.254 e. The van der Waals surface area contributed by atoms with Crippen molar-refractivity contribution < 1.29 is 13.2 Å². The maximum atomic E-state index is 12.6. The Kier molecular flexibility index (Phi) is 5.40. The summed E-state index contributed by atoms with van der Waals surface area (Å²) in [6, 6.07) is 7.15. The Balaban J connectivity index is 2.10. The van der Waals surface area contributed by atoms with Gasteiger partial charge in [0.25, 0.3) is 5.91 Å². The van der Waals surface area contributed by atoms with Crippen LogP contribution in [-0.2, 0) is 10.0 Å². The summed E-state index contributed by atoms with van der Waals surface area (Å²) in [7, 11) is -3.24. The van der Waals surface area contributed by atoms with Gasteiger partial charge in [-0.25, -0.2) is 13.1 Å². The topological polar surface area (TPSA) is 66.5 Å². The van der Waals surface area contributed by atoms with Crippen molar-refractivity contribution in [1.29, 1.82) is 0 Å². The third kappa shape index (κ3) is 4.79. The molecule has 0 bridgehead atoms. The highest BCUT2D eigenvalue weighted by Gasteiger charge is 2.27. The van der Waals surface area contributed by atoms with Gasteiger partial charge >= 0.3 is 0 Å². The number of nitrogens with zero attached hydrogens (tertiary/aromatic N) is 1. The van der Waals surface area contributed by atoms with Crippen LogP contribution in [0.2, 0.25) is 0 Å². The minimum atomic E-state index is -3.24. The lowest BCUT2D eigenvalue weighted by molar-refractivity contribution is 0.0619. The summed E-state index contributed by atoms with van der Waals surface area (Å²) in [4.78, 5) is 14.4. The fourth-order valence-electron chi connectivity index (χ4n) is 2.49. The highest BCUT2D eigenvalue weighted by Crippen LogP contribution is 2.20. The van der Waals surface area contributed by atoms with Crippen molar-refractivity contribution in [2.75, 3.05) is 19.3 Å². The minimum absolute atomic E-state index is 0.0394. The number of benzene rings is 1. The number of hydrogen-bond acceptors (Lipinski definition) is 3. The first kappa shape index (κ1) is 16.5. The monoisotopic (exact) mass is 374 g/mol. The number of halogens is 1. The highest BCUT2D eigenvalue weighted by molar-refractivity contribution is 9.10. The van der Waals surface area contributed by atoms with E-state index in [2.05, 4.69) is 20.7 Å². The predicted octanol–water partition coefficient (Wildman–Crippen LogP) is 1.99. The van der Waals surface area contributed by atoms with Gasteiger partial charge in [0.15, 0.2) is 0 Å². The maximum Gasteiger partial charge on any atom is 0.254 e. The lowest BCUT2D eigenvalue weighted by Gasteiger charge is -2.35. The molecule has 1 N–H and O–H groups in total. The molecule has 1 atom stereocenters. The molecule has 0 spiro atoms. The number of likely N-dealkylation sites (tertiary alicyclic amines) is 1. The number of carbonyl (C=O) groups is 1. The van der Waals surface area contributed by atoms with Crippen molar-refractivity contribution in [2.45, 2.75) is 25.3 Å². The van der Waals surface area contributed by atoms with E-state index in [1.807, 2.05) is 12.1 Å². The van der Waals surface area contributed by atoms with Crippen LogP contribution in [0.25, 0.3) is 0 Å². The van der Waals surface area contributed by atoms with E-state index < -0.39 is 10.0 Å². The van der Waals surface area contributed by atoms with Gasteiger partial charge in [-0.3, -0.25) is 4.79 Å². The molecule has 0 saturated carbocycles. The Labute approximate surface area is 133 Å². The van der Waals surface area contributed by atoms with E-state index >= 15 is 0 Å². The van der Waals surface area contributed by atoms with Crippen LogP contribution >= 0.6 is 15.9 Å². The Morgan fingerprint density at radius 2 is 2.00 bits per heavy atom. The van der Waals surface area contributed by atoms with E-state index in [0.29, 0.717) is 12.1 Å². The third-order valence-corrected chi connectivity index (χ3v) is 4.78. The van der Waals surface area contributed by atoms with Gasteiger partial charge in [0.1, 0.15) is 0 Å². The molecule has 7 heteroatoms. The summed E-state index contributed by atoms with van der Waals surface area (Å²) < 4.78 is 25.9. The predicted molar refractivity (Wildman–Crippen MR) is 85.7 cm³/mol. The van der Waals surface area contributed by atoms with E-state index in [1.165, 1.54) is 0 Å². The molecule has 1 aromatic carbocycles. The zero-order valence-electron chi connectivity index (χ0n) is 11.9. The van der Waals surface area contributed by atoms with Crippen molar-refractivity contribution in [1.82, 2.24) is 9.62 Å². The molecule has 1 fully saturated rings. The van der Waals surface area contributed by atoms with Gasteiger partial charge in [-0.15, -0.1) is 0 Å². The summed E-state index contributed by atoms with van der Waals surface area (Å²) >= 11 is 3.35. The average Bonchev–Trinajstić information content (AvgIpc) is 2.45. The van der Waals surface area contributed by atoms with Crippen LogP contribution in [-0.4, -0.2) is 44.6 Å². The Morgan fingerprint density at radius 1 is 1.33 bits per heavy atom. The number of nitrogens with one attached hydrogen (secondary N) is 1. The second-order valence-electron chi connectivity index (χ2n) is 5.28. The molecule has 1 aromatic rings. The number of carbonyl (C=O) groups excluding carboxylic acids is 1. The minimum Gasteiger partial charge on any atom is -0.334 e. The molecule has 116 valence electrons. The van der Waals surface area contributed by atoms with Crippen LogP contribution in [0.15, 0.2) is 28.7 Å². The number of amides is 1. The zero-order chi connectivity index (χ0) is 15.5. The van der Waals surface area contributed by atoms with Gasteiger partial charge in [0, 0.05) is 29.2 Å². The highest BCUT2D eigenvalue weighted by atomic mass is 79.9. The van der Waals surface area contributed by atoms with E-state index in [9.17, 15) is 13.2 Å². The van der Waals surface area contributed by atoms with Crippen molar-refractivity contribution in [3.63, 3.8) is 0 Å². The first-order valence-electron chi connectivity index (χ1n) is 6.88. The van der Waals surface area contributed by atoms with Crippen LogP contribution in [0.5, 0.6) is 0 Å². The standard InChI is InChI=1S/C14H19BrN2O3S/c1-21(19,20)16-10-13-4-2-3-9-17(13)14(18)11-5-7-12(15)8-6-11/h5-8,13,16H,2-4,9-10H2,1H3/t13-/m0/s1. The summed E-state index contributed by atoms with van der Waals surface area (Å²) in [5, 5.41) is 0. The molecular formula is C14H19BrN2O3S. The lowest BCUT2D eigenvalue weighted by Crippen LogP contribution is -2.49. The molecule has 1 aliphatic heterocycles. The van der Waals surface area contributed by atoms with Gasteiger partial charge in [-0.05, 0) is 43.5 Å². The van der Waals surface area contributed by atoms with Gasteiger partial charge < -0.3 is 4.90 Å². The molecule has 1 saturated heterocycles. The van der Waals surface area contributed by atoms with Crippen LogP contribution in [0.1, 0.15) is 29.6 Å². The van der Waals surface area contributed by atoms with Crippen LogP contribution in [0, 0.1) is 0 Å². The van der Waals surface area contributed by atoms with E-state index in [4.69, 9.17) is 0 Å². The fraction of sp³-hybridized carbons (Fsp3) is 0.500. The van der Waals surface area contributed by atoms with Crippen molar-refractivity contribution in [3.8, 4) is 0 Å². The van der Waals surface area contributed by atoms with E-state index in [0.717, 1.165) is 30.0 Å². The quantitative estimate of drug-likeness (QED) is 0.876. The van der Waals surface area contributed by atoms with Crippen LogP contribution in [0.4, 0.5) is 0 Å². The van der Waals surface area contributed by atoms with E-state index in [-0.39, 0.29) is 18.5 Å². The fourth-order valence-corrected chi connectivity index (χ4v) is 3.25. The summed E-state index contributed by atoms with van der Waals surface area (Å²) in [6.07, 6.45) is 3.93. The molecule has 1 heterocycles. The molecule has 0 aliphatic carbocycles. The number of sulfonamides is 1. The molecule has 0 aromatic heterocycles. The van der Waals surface area contributed by atoms with Crippen LogP contribution < -0.4 is 4.72 Å². The number of rotatable bonds is 4. The second-order valence-corrected chi connectivity index (χ2v) is 8.02. The first-order valence-corrected chi connectivity index (χ1v) is 9.56. The van der Waals surface area contributed by atoms with Crippen molar-refractivity contribution in [3.05, 3.63) is 34.3 Å². The SMILES string of the molecule is CS(=O)(=O)NC[C@@H]1CCCCN1C(=O)c1ccc(Br)cc1. The summed E-state index contributed by atoms with van der Waals surface area (Å²) in [5.74, 6) is -0.0394. The van der Waals surface area contributed by atoms with Crippen molar-refractivity contribution in [2.24, 2.45) is 0 Å². The first-order chi connectivity index (χ1) is 9.87. The second kappa shape index (κ2) is 6.89. The maximum absolute atomic E-state index is 12.6. The number of piperidine rings is 1. The zero-order valence-corrected chi connectivity index (χ0v) is 14.3. The van der Waals surface area contributed by atoms with E-state index in [1.54, 1.807) is 17.0 Å². The third-order valence-electron chi connectivity index (χ3n) is 3.56. The lowest BCUT2D eigenvalue weighted by atomic mass is 10.0. The molecule has 21 heavy (non-hydrogen) atoms. The number of hydrogen-bond donors (Lipinski definition) is 1. The van der Waals surface area contributed by atoms with Gasteiger partial charge in [-0.1, -0.05) is 15.9 Å². The largest absolute Gasteiger partial charge is 0.334 e. The molecule has 0 unspecified atom stereocenters. The Hall–Kier alpha value is -0.920. The molecule has 1 amide bonds. The summed E-state index contributed by atoms with van der Waals surface area (Å²) in [5.41, 5.74) is 0.629. The molecule has 2 rings (SSSR count). The molecule has 1 aliphatic rings. The molecule has 5 nitrogen and oxygen atoms in total. The van der Waals surface area contributed by atoms with Crippen molar-refractivity contribution >= 4 is 31.9 Å². The van der Waals surface area contributed by atoms with Gasteiger partial charge in [0.05, 0.1) is 6.26 Å². The molecular weight excluding hydrogens is 356 g/mol. The normalized spacial score (nSPS) is 19.5. The Bertz CT molecular complexity index is 601.